The van der Waals surface area contributed by atoms with E-state index in [4.69, 9.17) is 9.47 Å². The second-order valence-corrected chi connectivity index (χ2v) is 11.1. The number of ether oxygens (including phenoxy) is 2. The Morgan fingerprint density at radius 2 is 0.931 bits per heavy atom. The summed E-state index contributed by atoms with van der Waals surface area (Å²) < 4.78 is 10.9. The lowest BCUT2D eigenvalue weighted by Crippen LogP contribution is -2.23. The zero-order valence-electron chi connectivity index (χ0n) is 20.6. The van der Waals surface area contributed by atoms with Crippen LogP contribution < -0.4 is 0 Å². The van der Waals surface area contributed by atoms with E-state index in [2.05, 4.69) is 55.4 Å². The maximum absolute atomic E-state index is 11.9. The van der Waals surface area contributed by atoms with E-state index in [-0.39, 0.29) is 22.8 Å². The van der Waals surface area contributed by atoms with Crippen LogP contribution in [0.2, 0.25) is 0 Å². The number of hydrogen-bond acceptors (Lipinski definition) is 4. The van der Waals surface area contributed by atoms with Gasteiger partial charge in [-0.25, -0.2) is 0 Å². The minimum atomic E-state index is -0.0885. The van der Waals surface area contributed by atoms with Crippen LogP contribution in [0.15, 0.2) is 0 Å². The van der Waals surface area contributed by atoms with E-state index >= 15 is 0 Å². The second-order valence-electron chi connectivity index (χ2n) is 11.1. The molecule has 0 rings (SSSR count). The van der Waals surface area contributed by atoms with Crippen LogP contribution in [0, 0.1) is 22.7 Å². The lowest BCUT2D eigenvalue weighted by Gasteiger charge is -2.26. The lowest BCUT2D eigenvalue weighted by molar-refractivity contribution is -0.147. The predicted octanol–water partition coefficient (Wildman–Crippen LogP) is 6.95. The molecular weight excluding hydrogens is 364 g/mol. The highest BCUT2D eigenvalue weighted by Gasteiger charge is 2.22. The van der Waals surface area contributed by atoms with Gasteiger partial charge in [0.05, 0.1) is 13.2 Å². The largest absolute Gasteiger partial charge is 0.465 e. The molecule has 0 spiro atoms. The summed E-state index contributed by atoms with van der Waals surface area (Å²) in [5.74, 6) is 1.03. The summed E-state index contributed by atoms with van der Waals surface area (Å²) in [5.41, 5.74) is 0.0882. The quantitative estimate of drug-likeness (QED) is 0.203. The van der Waals surface area contributed by atoms with E-state index in [1.54, 1.807) is 0 Å². The normalized spacial score (nSPS) is 12.5. The fourth-order valence-electron chi connectivity index (χ4n) is 4.09. The first kappa shape index (κ1) is 27.9. The van der Waals surface area contributed by atoms with Crippen molar-refractivity contribution in [2.24, 2.45) is 22.7 Å². The molecule has 0 bridgehead atoms. The third-order valence-corrected chi connectivity index (χ3v) is 4.93. The van der Waals surface area contributed by atoms with Gasteiger partial charge in [-0.15, -0.1) is 0 Å². The van der Waals surface area contributed by atoms with Gasteiger partial charge in [0.25, 0.3) is 0 Å². The maximum Gasteiger partial charge on any atom is 0.305 e. The molecule has 172 valence electrons. The Kier molecular flexibility index (Phi) is 13.5. The van der Waals surface area contributed by atoms with Crippen molar-refractivity contribution in [3.63, 3.8) is 0 Å². The molecule has 0 unspecified atom stereocenters. The van der Waals surface area contributed by atoms with Crippen LogP contribution in [-0.2, 0) is 19.1 Å². The number of esters is 2. The fourth-order valence-corrected chi connectivity index (χ4v) is 4.09. The number of carbonyl (C=O) groups excluding carboxylic acids is 2. The highest BCUT2D eigenvalue weighted by atomic mass is 16.5. The highest BCUT2D eigenvalue weighted by molar-refractivity contribution is 5.69. The van der Waals surface area contributed by atoms with E-state index in [0.29, 0.717) is 37.9 Å². The van der Waals surface area contributed by atoms with Gasteiger partial charge >= 0.3 is 11.9 Å². The summed E-state index contributed by atoms with van der Waals surface area (Å²) >= 11 is 0. The summed E-state index contributed by atoms with van der Waals surface area (Å²) in [6, 6.07) is 0. The summed E-state index contributed by atoms with van der Waals surface area (Å²) in [6.07, 6.45) is 7.85. The van der Waals surface area contributed by atoms with Crippen LogP contribution in [0.3, 0.4) is 0 Å². The summed E-state index contributed by atoms with van der Waals surface area (Å²) in [6.45, 7) is 18.4. The average molecular weight is 413 g/mol. The van der Waals surface area contributed by atoms with Crippen molar-refractivity contribution >= 4 is 11.9 Å². The Labute approximate surface area is 180 Å². The van der Waals surface area contributed by atoms with E-state index in [1.807, 2.05) is 0 Å². The molecule has 0 aromatic rings. The number of hydrogen-bond donors (Lipinski definition) is 0. The van der Waals surface area contributed by atoms with Gasteiger partial charge in [0.1, 0.15) is 0 Å². The fraction of sp³-hybridized carbons (Fsp3) is 0.920. The van der Waals surface area contributed by atoms with Crippen molar-refractivity contribution in [1.82, 2.24) is 0 Å². The zero-order valence-corrected chi connectivity index (χ0v) is 20.6. The molecule has 0 saturated carbocycles. The van der Waals surface area contributed by atoms with Gasteiger partial charge in [0.2, 0.25) is 0 Å². The van der Waals surface area contributed by atoms with Gasteiger partial charge in [-0.2, -0.15) is 0 Å². The van der Waals surface area contributed by atoms with Crippen molar-refractivity contribution in [2.75, 3.05) is 13.2 Å². The molecule has 0 radical (unpaired) electrons. The van der Waals surface area contributed by atoms with Crippen molar-refractivity contribution in [3.8, 4) is 0 Å². The SMILES string of the molecule is CC(C)CC(C)(C)COC(=O)CCCCCCCC(=O)OCC(C)(C)CC(C)C. The van der Waals surface area contributed by atoms with E-state index < -0.39 is 0 Å². The Hall–Kier alpha value is -1.06. The molecular formula is C25H48O4. The van der Waals surface area contributed by atoms with E-state index in [1.165, 1.54) is 0 Å². The van der Waals surface area contributed by atoms with Gasteiger partial charge in [-0.05, 0) is 48.3 Å². The molecule has 0 N–H and O–H groups in total. The molecule has 0 heterocycles. The number of unbranched alkanes of at least 4 members (excludes halogenated alkanes) is 4. The van der Waals surface area contributed by atoms with Crippen LogP contribution in [0.4, 0.5) is 0 Å². The molecule has 0 aliphatic carbocycles. The third-order valence-electron chi connectivity index (χ3n) is 4.93. The Morgan fingerprint density at radius 1 is 0.621 bits per heavy atom. The Morgan fingerprint density at radius 3 is 1.24 bits per heavy atom. The molecule has 0 atom stereocenters. The van der Waals surface area contributed by atoms with Gasteiger partial charge in [-0.1, -0.05) is 74.7 Å². The molecule has 0 saturated heterocycles. The topological polar surface area (TPSA) is 52.6 Å². The molecule has 0 fully saturated rings. The molecule has 4 nitrogen and oxygen atoms in total. The van der Waals surface area contributed by atoms with Gasteiger partial charge in [-0.3, -0.25) is 9.59 Å². The number of carbonyl (C=O) groups is 2. The molecule has 0 aromatic heterocycles. The van der Waals surface area contributed by atoms with Crippen molar-refractivity contribution < 1.29 is 19.1 Å². The predicted molar refractivity (Wildman–Crippen MR) is 121 cm³/mol. The number of rotatable bonds is 16. The Bertz CT molecular complexity index is 421. The first-order valence-electron chi connectivity index (χ1n) is 11.6. The Balaban J connectivity index is 3.70. The second kappa shape index (κ2) is 14.0. The van der Waals surface area contributed by atoms with Crippen LogP contribution in [0.5, 0.6) is 0 Å². The smallest absolute Gasteiger partial charge is 0.305 e. The molecule has 0 amide bonds. The monoisotopic (exact) mass is 412 g/mol. The van der Waals surface area contributed by atoms with Crippen LogP contribution in [-0.4, -0.2) is 25.2 Å². The minimum absolute atomic E-state index is 0.0441. The van der Waals surface area contributed by atoms with Crippen molar-refractivity contribution in [2.45, 2.75) is 113 Å². The highest BCUT2D eigenvalue weighted by Crippen LogP contribution is 2.26. The van der Waals surface area contributed by atoms with Crippen molar-refractivity contribution in [3.05, 3.63) is 0 Å². The average Bonchev–Trinajstić information content (AvgIpc) is 2.55. The summed E-state index contributed by atoms with van der Waals surface area (Å²) in [5, 5.41) is 0. The molecule has 29 heavy (non-hydrogen) atoms. The lowest BCUT2D eigenvalue weighted by atomic mass is 9.85. The summed E-state index contributed by atoms with van der Waals surface area (Å²) in [4.78, 5) is 23.8. The molecule has 0 aliphatic rings. The van der Waals surface area contributed by atoms with Crippen LogP contribution in [0.1, 0.15) is 113 Å². The minimum Gasteiger partial charge on any atom is -0.465 e. The third kappa shape index (κ3) is 17.5. The van der Waals surface area contributed by atoms with Crippen LogP contribution >= 0.6 is 0 Å². The first-order valence-corrected chi connectivity index (χ1v) is 11.6. The van der Waals surface area contributed by atoms with Gasteiger partial charge in [0, 0.05) is 12.8 Å². The summed E-state index contributed by atoms with van der Waals surface area (Å²) in [7, 11) is 0. The van der Waals surface area contributed by atoms with Crippen LogP contribution in [0.25, 0.3) is 0 Å². The molecule has 0 aromatic carbocycles. The van der Waals surface area contributed by atoms with E-state index in [9.17, 15) is 9.59 Å². The van der Waals surface area contributed by atoms with Crippen molar-refractivity contribution in [1.29, 1.82) is 0 Å². The van der Waals surface area contributed by atoms with E-state index in [0.717, 1.165) is 44.9 Å². The first-order chi connectivity index (χ1) is 13.3. The zero-order chi connectivity index (χ0) is 22.5. The maximum atomic E-state index is 11.9. The molecule has 0 aliphatic heterocycles. The van der Waals surface area contributed by atoms with Gasteiger partial charge in [0.15, 0.2) is 0 Å². The van der Waals surface area contributed by atoms with Gasteiger partial charge < -0.3 is 9.47 Å². The standard InChI is InChI=1S/C25H48O4/c1-20(2)16-24(5,6)18-28-22(26)14-12-10-9-11-13-15-23(27)29-19-25(7,8)17-21(3)4/h20-21H,9-19H2,1-8H3. The molecule has 4 heteroatoms.